The van der Waals surface area contributed by atoms with Gasteiger partial charge in [-0.15, -0.1) is 6.42 Å². The lowest BCUT2D eigenvalue weighted by molar-refractivity contribution is -0.131. The summed E-state index contributed by atoms with van der Waals surface area (Å²) in [6.45, 7) is 14.9. The van der Waals surface area contributed by atoms with Gasteiger partial charge in [-0.25, -0.2) is 14.8 Å². The number of nitrogens with one attached hydrogen (secondary N) is 8. The van der Waals surface area contributed by atoms with Gasteiger partial charge in [0, 0.05) is 100 Å². The summed E-state index contributed by atoms with van der Waals surface area (Å²) in [5, 5.41) is 30.2. The maximum Gasteiger partial charge on any atom is 0.405 e. The quantitative estimate of drug-likeness (QED) is 0.0147. The van der Waals surface area contributed by atoms with Gasteiger partial charge in [0.1, 0.15) is 24.3 Å². The van der Waals surface area contributed by atoms with Gasteiger partial charge in [-0.2, -0.15) is 0 Å². The van der Waals surface area contributed by atoms with E-state index in [0.717, 1.165) is 86.8 Å². The summed E-state index contributed by atoms with van der Waals surface area (Å²) in [7, 11) is 3.36. The minimum Gasteiger partial charge on any atom is -0.465 e. The number of benzene rings is 3. The molecule has 3 atom stereocenters. The maximum atomic E-state index is 14.1. The number of hydrogen-bond acceptors (Lipinski definition) is 26. The average molecular weight is 1720 g/mol. The van der Waals surface area contributed by atoms with Crippen molar-refractivity contribution in [3.05, 3.63) is 124 Å². The molecule has 1 aliphatic carbocycles. The van der Waals surface area contributed by atoms with Crippen molar-refractivity contribution in [3.8, 4) is 23.5 Å². The van der Waals surface area contributed by atoms with Crippen molar-refractivity contribution in [3.63, 3.8) is 0 Å². The summed E-state index contributed by atoms with van der Waals surface area (Å²) < 4.78 is 80.8. The highest BCUT2D eigenvalue weighted by molar-refractivity contribution is 5.98. The van der Waals surface area contributed by atoms with E-state index >= 15 is 0 Å². The van der Waals surface area contributed by atoms with Gasteiger partial charge in [0.2, 0.25) is 35.5 Å². The molecule has 3 aromatic heterocycles. The number of pyridine rings is 1. The number of methoxy groups -OCH3 is 1. The molecule has 35 nitrogen and oxygen atoms in total. The average Bonchev–Trinajstić information content (AvgIpc) is 1.70. The lowest BCUT2D eigenvalue weighted by atomic mass is 9.87. The van der Waals surface area contributed by atoms with E-state index in [4.69, 9.17) is 82.7 Å². The molecule has 0 radical (unpaired) electrons. The number of aryl methyl sites for hydroxylation is 1. The van der Waals surface area contributed by atoms with E-state index in [2.05, 4.69) is 64.8 Å². The number of rotatable bonds is 64. The van der Waals surface area contributed by atoms with Gasteiger partial charge in [-0.3, -0.25) is 28.8 Å². The lowest BCUT2D eigenvalue weighted by Gasteiger charge is -2.45. The van der Waals surface area contributed by atoms with Crippen molar-refractivity contribution in [2.45, 2.75) is 113 Å². The number of nitrogens with zero attached hydrogens (tertiary/aromatic N) is 5. The molecule has 0 bridgehead atoms. The smallest absolute Gasteiger partial charge is 0.405 e. The van der Waals surface area contributed by atoms with Gasteiger partial charge in [0.25, 0.3) is 5.56 Å². The Morgan fingerprint density at radius 2 is 1.15 bits per heavy atom. The molecule has 9 rings (SSSR count). The van der Waals surface area contributed by atoms with Crippen LogP contribution in [0.1, 0.15) is 88.0 Å². The predicted octanol–water partition coefficient (Wildman–Crippen LogP) is 4.14. The third-order valence-corrected chi connectivity index (χ3v) is 21.1. The van der Waals surface area contributed by atoms with E-state index in [1.807, 2.05) is 60.8 Å². The molecule has 2 saturated heterocycles. The number of aromatic nitrogens is 4. The third kappa shape index (κ3) is 34.7. The van der Waals surface area contributed by atoms with Gasteiger partial charge in [0.05, 0.1) is 196 Å². The van der Waals surface area contributed by atoms with Crippen LogP contribution >= 0.6 is 0 Å². The summed E-state index contributed by atoms with van der Waals surface area (Å²) >= 11 is 0. The van der Waals surface area contributed by atoms with E-state index in [0.29, 0.717) is 198 Å². The number of fused-ring (bicyclic) bond motifs is 2. The fourth-order valence-electron chi connectivity index (χ4n) is 14.2. The van der Waals surface area contributed by atoms with Crippen molar-refractivity contribution in [1.29, 1.82) is 0 Å². The van der Waals surface area contributed by atoms with Crippen LogP contribution in [0.4, 0.5) is 10.7 Å². The predicted molar refractivity (Wildman–Crippen MR) is 459 cm³/mol. The second-order valence-corrected chi connectivity index (χ2v) is 30.4. The number of carbonyl (C=O) groups excluding carboxylic acids is 5. The van der Waals surface area contributed by atoms with Crippen molar-refractivity contribution in [2.24, 2.45) is 7.05 Å². The molecule has 123 heavy (non-hydrogen) atoms. The van der Waals surface area contributed by atoms with Crippen LogP contribution in [-0.2, 0) is 109 Å². The van der Waals surface area contributed by atoms with Gasteiger partial charge in [-0.1, -0.05) is 72.7 Å². The van der Waals surface area contributed by atoms with Gasteiger partial charge >= 0.3 is 6.09 Å². The number of aromatic amines is 1. The number of carboxylic acid groups (broad SMARTS) is 1. The van der Waals surface area contributed by atoms with E-state index in [1.54, 1.807) is 55.3 Å². The van der Waals surface area contributed by atoms with Crippen LogP contribution in [0.15, 0.2) is 102 Å². The molecule has 3 aliphatic rings. The highest BCUT2D eigenvalue weighted by Crippen LogP contribution is 2.44. The first-order valence-corrected chi connectivity index (χ1v) is 42.8. The topological polar surface area (TPSA) is 406 Å². The van der Waals surface area contributed by atoms with E-state index in [1.165, 1.54) is 0 Å². The number of piperidine rings is 2. The molecule has 6 amide bonds. The lowest BCUT2D eigenvalue weighted by Crippen LogP contribution is -2.55. The Morgan fingerprint density at radius 3 is 1.70 bits per heavy atom. The second kappa shape index (κ2) is 55.2. The zero-order chi connectivity index (χ0) is 87.0. The SMILES string of the molecule is C#CCNC1(C)CCN(C2CCN(c3nc([C@@](COCNC(=O)CNC(=O)[C@H](Cc4ccccc4)NC(=O)CNC(=O)[C@H](CCCCNC(=O)CCOCCOCCOCCOCCOCCOCCOCCOCCOCCOCCOCCOC)NC(=O)O)(OC4CC4)c4ccccc4)c4cc(-c5cn(C)c(=O)c6[nH]ccc56)ccc4n3)CC2)CC1. The number of unbranched alkanes of at least 4 members (excludes halogenated alkanes) is 1. The monoisotopic (exact) mass is 1720 g/mol. The van der Waals surface area contributed by atoms with Gasteiger partial charge in [0.15, 0.2) is 5.60 Å². The number of terminal acetylenes is 1. The molecule has 1 saturated carbocycles. The summed E-state index contributed by atoms with van der Waals surface area (Å²) in [5.41, 5.74) is 3.29. The third-order valence-electron chi connectivity index (χ3n) is 21.1. The van der Waals surface area contributed by atoms with Crippen molar-refractivity contribution in [2.75, 3.05) is 230 Å². The maximum absolute atomic E-state index is 14.1. The van der Waals surface area contributed by atoms with Gasteiger partial charge in [-0.05, 0) is 99.6 Å². The molecule has 0 unspecified atom stereocenters. The largest absolute Gasteiger partial charge is 0.465 e. The summed E-state index contributed by atoms with van der Waals surface area (Å²) in [6.07, 6.45) is 13.9. The number of hydrogen-bond donors (Lipinski definition) is 9. The highest BCUT2D eigenvalue weighted by atomic mass is 16.6. The van der Waals surface area contributed by atoms with Gasteiger partial charge < -0.3 is 128 Å². The molecule has 5 heterocycles. The summed E-state index contributed by atoms with van der Waals surface area (Å²) in [6, 6.07) is 24.5. The molecule has 35 heteroatoms. The van der Waals surface area contributed by atoms with Crippen LogP contribution in [0, 0.1) is 12.3 Å². The Labute approximate surface area is 719 Å². The summed E-state index contributed by atoms with van der Waals surface area (Å²) in [5.74, 6) is 0.201. The Kier molecular flexibility index (Phi) is 43.8. The van der Waals surface area contributed by atoms with E-state index < -0.39 is 60.5 Å². The molecule has 6 aromatic rings. The molecule has 9 N–H and O–H groups in total. The van der Waals surface area contributed by atoms with Crippen molar-refractivity contribution >= 4 is 63.4 Å². The Bertz CT molecular complexity index is 4220. The summed E-state index contributed by atoms with van der Waals surface area (Å²) in [4.78, 5) is 111. The second-order valence-electron chi connectivity index (χ2n) is 30.4. The number of ether oxygens (including phenoxy) is 14. The number of carbonyl (C=O) groups is 6. The Hall–Kier alpha value is -9.17. The van der Waals surface area contributed by atoms with E-state index in [-0.39, 0.29) is 75.5 Å². The molecule has 0 spiro atoms. The Morgan fingerprint density at radius 1 is 0.602 bits per heavy atom. The molecule has 3 aromatic carbocycles. The molecule has 3 fully saturated rings. The number of anilines is 1. The molecular weight excluding hydrogens is 1590 g/mol. The van der Waals surface area contributed by atoms with Crippen LogP contribution < -0.4 is 47.7 Å². The standard InChI is InChI=1S/C88H127N13O22/c1-5-29-94-87(2)27-34-100(35-28-87)69-24-32-101(33-25-69)85-96-74-22-19-67(73-63-99(3)84(107)80-71(73)23-31-90-80)60-72(74)81(98-85)88(123-70-20-21-70,68-16-10-7-11-17-68)64-122-65-93-78(103)61-91-83(106)76(59-66-14-8-6-9-15-66)95-79(104)62-92-82(105)75(97-86(108)109)18-12-13-30-89-77(102)26-36-111-39-40-113-43-44-115-47-48-117-51-52-119-55-56-121-58-57-120-54-53-118-50-49-116-46-45-114-42-41-112-38-37-110-4/h1,6-11,14-17,19,22-23,31,60,63,69-70,75-76,90,94,97H,12-13,18,20-21,24-30,32-59,61-62,64-65H2,2-4H3,(H,89,102)(H,91,106)(H,92,105)(H,93,103)(H,95,104)(H,108,109)/t75-,76-,88-/m0/s1. The number of H-pyrrole nitrogens is 1. The molecular formula is C88H127N13O22. The van der Waals surface area contributed by atoms with Crippen molar-refractivity contribution < 1.29 is 100 Å². The number of amides is 6. The first-order valence-electron chi connectivity index (χ1n) is 42.8. The van der Waals surface area contributed by atoms with Crippen LogP contribution in [0.2, 0.25) is 0 Å². The first kappa shape index (κ1) is 97.6. The minimum absolute atomic E-state index is 0.00314. The molecule has 676 valence electrons. The van der Waals surface area contributed by atoms with Crippen LogP contribution in [-0.4, -0.2) is 320 Å². The molecule has 2 aliphatic heterocycles. The van der Waals surface area contributed by atoms with Crippen LogP contribution in [0.25, 0.3) is 32.9 Å². The fourth-order valence-corrected chi connectivity index (χ4v) is 14.2. The normalized spacial score (nSPS) is 15.3. The zero-order valence-corrected chi connectivity index (χ0v) is 71.5. The van der Waals surface area contributed by atoms with Crippen LogP contribution in [0.5, 0.6) is 0 Å². The van der Waals surface area contributed by atoms with Crippen molar-refractivity contribution in [1.82, 2.24) is 61.6 Å². The van der Waals surface area contributed by atoms with Crippen LogP contribution in [0.3, 0.4) is 0 Å². The minimum atomic E-state index is -1.46. The number of likely N-dealkylation sites (tertiary alicyclic amines) is 1. The highest BCUT2D eigenvalue weighted by Gasteiger charge is 2.45. The first-order chi connectivity index (χ1) is 60.0. The zero-order valence-electron chi connectivity index (χ0n) is 71.5. The fraction of sp³-hybridized carbons (Fsp3) is 0.602. The van der Waals surface area contributed by atoms with E-state index in [9.17, 15) is 38.7 Å². The Balaban J connectivity index is 0.652.